The molecular weight excluding hydrogens is 1910 g/mol. The molecule has 46 nitrogen and oxygen atoms in total. The van der Waals surface area contributed by atoms with Gasteiger partial charge in [-0.2, -0.15) is 0 Å². The van der Waals surface area contributed by atoms with Gasteiger partial charge in [0.05, 0.1) is 42.8 Å². The zero-order chi connectivity index (χ0) is 107. The minimum Gasteiger partial charge on any atom is -0.508 e. The molecule has 0 aliphatic carbocycles. The lowest BCUT2D eigenvalue weighted by molar-refractivity contribution is -0.145. The van der Waals surface area contributed by atoms with Gasteiger partial charge >= 0.3 is 23.9 Å². The number of unbranched alkanes of at least 4 members (excludes halogenated alkanes) is 2. The number of amides is 9. The number of aliphatic carboxylic acids is 4. The van der Waals surface area contributed by atoms with E-state index in [1.807, 2.05) is 64.1 Å². The van der Waals surface area contributed by atoms with E-state index in [9.17, 15) is 122 Å². The molecule has 0 bridgehead atoms. The number of rotatable bonds is 57. The number of nitrogens with zero attached hydrogens (tertiary/aromatic N) is 14. The number of primary amides is 3. The molecule has 9 rings (SSSR count). The number of benzene rings is 4. The van der Waals surface area contributed by atoms with Crippen molar-refractivity contribution < 1.29 is 122 Å². The lowest BCUT2D eigenvalue weighted by Gasteiger charge is -2.36. The maximum absolute atomic E-state index is 14.9. The molecule has 3 saturated heterocycles. The maximum atomic E-state index is 14.9. The second-order valence-corrected chi connectivity index (χ2v) is 38.2. The van der Waals surface area contributed by atoms with Crippen LogP contribution < -0.4 is 38.5 Å². The molecule has 46 heteroatoms. The zero-order valence-electron chi connectivity index (χ0n) is 84.4. The molecule has 0 unspecified atom stereocenters. The smallest absolute Gasteiger partial charge is 0.320 e. The van der Waals surface area contributed by atoms with Crippen molar-refractivity contribution in [2.24, 2.45) is 29.0 Å². The summed E-state index contributed by atoms with van der Waals surface area (Å²) in [5.41, 5.74) is 21.0. The van der Waals surface area contributed by atoms with Crippen LogP contribution in [0.3, 0.4) is 0 Å². The number of hydrogen-bond acceptors (Lipinski definition) is 31. The predicted octanol–water partition coefficient (Wildman–Crippen LogP) is 3.40. The van der Waals surface area contributed by atoms with Crippen molar-refractivity contribution in [1.29, 1.82) is 0 Å². The van der Waals surface area contributed by atoms with E-state index >= 15 is 0 Å². The summed E-state index contributed by atoms with van der Waals surface area (Å²) in [5, 5.41) is 111. The summed E-state index contributed by atoms with van der Waals surface area (Å²) >= 11 is 0. The number of ketones is 4. The monoisotopic (exact) mass is 2050 g/mol. The third-order valence-corrected chi connectivity index (χ3v) is 26.5. The Morgan fingerprint density at radius 3 is 1.24 bits per heavy atom. The number of phenolic OH excluding ortho intramolecular Hbond substituents is 4. The molecule has 18 N–H and O–H groups in total. The van der Waals surface area contributed by atoms with Gasteiger partial charge in [0.15, 0.2) is 23.2 Å². The van der Waals surface area contributed by atoms with Crippen LogP contribution >= 0.6 is 0 Å². The summed E-state index contributed by atoms with van der Waals surface area (Å²) in [4.78, 5) is 239. The van der Waals surface area contributed by atoms with Crippen LogP contribution in [-0.2, 0) is 85.0 Å². The number of phenols is 4. The Hall–Kier alpha value is -14.1. The van der Waals surface area contributed by atoms with Gasteiger partial charge in [0, 0.05) is 237 Å². The van der Waals surface area contributed by atoms with Crippen LogP contribution in [0.1, 0.15) is 225 Å². The normalized spacial score (nSPS) is 15.6. The molecule has 800 valence electrons. The summed E-state index contributed by atoms with van der Waals surface area (Å²) in [5.74, 6) is -15.8. The van der Waals surface area contributed by atoms with Gasteiger partial charge in [-0.25, -0.2) is 0 Å². The molecule has 0 spiro atoms. The quantitative estimate of drug-likeness (QED) is 0.0243. The summed E-state index contributed by atoms with van der Waals surface area (Å²) < 4.78 is 3.09. The lowest BCUT2D eigenvalue weighted by Crippen LogP contribution is -2.52. The van der Waals surface area contributed by atoms with Crippen molar-refractivity contribution >= 4 is 100 Å². The van der Waals surface area contributed by atoms with Crippen molar-refractivity contribution in [1.82, 2.24) is 90.0 Å². The van der Waals surface area contributed by atoms with Crippen LogP contribution in [0.5, 0.6) is 23.0 Å². The molecule has 2 aromatic heterocycles. The van der Waals surface area contributed by atoms with Crippen molar-refractivity contribution in [3.63, 3.8) is 0 Å². The Morgan fingerprint density at radius 2 is 0.810 bits per heavy atom. The van der Waals surface area contributed by atoms with E-state index in [2.05, 4.69) is 51.5 Å². The van der Waals surface area contributed by atoms with Crippen molar-refractivity contribution in [3.8, 4) is 57.1 Å². The van der Waals surface area contributed by atoms with Gasteiger partial charge in [0.2, 0.25) is 53.0 Å². The molecule has 0 radical (unpaired) electrons. The van der Waals surface area contributed by atoms with E-state index in [-0.39, 0.29) is 209 Å². The summed E-state index contributed by atoms with van der Waals surface area (Å²) in [7, 11) is 0. The molecule has 4 aromatic carbocycles. The third-order valence-electron chi connectivity index (χ3n) is 26.5. The molecule has 6 aromatic rings. The minimum atomic E-state index is -1.55. The molecule has 9 amide bonds. The van der Waals surface area contributed by atoms with Gasteiger partial charge in [-0.3, -0.25) is 120 Å². The minimum absolute atomic E-state index is 0.00448. The van der Waals surface area contributed by atoms with Crippen LogP contribution in [0, 0.1) is 11.8 Å². The number of aromatic nitrogens is 6. The average molecular weight is 2050 g/mol. The molecular formula is C101H141N21O25. The lowest BCUT2D eigenvalue weighted by atomic mass is 9.90. The number of aromatic hydroxyl groups is 4. The zero-order valence-corrected chi connectivity index (χ0v) is 84.4. The first-order chi connectivity index (χ1) is 70.0. The largest absolute Gasteiger partial charge is 0.508 e. The summed E-state index contributed by atoms with van der Waals surface area (Å²) in [6, 6.07) is 16.1. The highest BCUT2D eigenvalue weighted by atomic mass is 16.4. The fourth-order valence-electron chi connectivity index (χ4n) is 18.4. The van der Waals surface area contributed by atoms with E-state index in [1.54, 1.807) is 52.5 Å². The van der Waals surface area contributed by atoms with Crippen molar-refractivity contribution in [2.45, 2.75) is 213 Å². The van der Waals surface area contributed by atoms with Crippen LogP contribution in [0.15, 0.2) is 72.8 Å². The third kappa shape index (κ3) is 35.9. The van der Waals surface area contributed by atoms with Gasteiger partial charge in [-0.1, -0.05) is 64.8 Å². The second-order valence-electron chi connectivity index (χ2n) is 38.2. The van der Waals surface area contributed by atoms with E-state index < -0.39 is 171 Å². The molecule has 3 aliphatic heterocycles. The second kappa shape index (κ2) is 57.1. The van der Waals surface area contributed by atoms with Gasteiger partial charge in [0.1, 0.15) is 40.6 Å². The molecule has 147 heavy (non-hydrogen) atoms. The highest BCUT2D eigenvalue weighted by Gasteiger charge is 2.37. The average Bonchev–Trinajstić information content (AvgIpc) is 1.64. The van der Waals surface area contributed by atoms with Crippen LogP contribution in [0.25, 0.3) is 34.2 Å². The molecule has 0 saturated carbocycles. The van der Waals surface area contributed by atoms with E-state index in [0.717, 1.165) is 11.1 Å². The highest BCUT2D eigenvalue weighted by Crippen LogP contribution is 2.41. The van der Waals surface area contributed by atoms with Gasteiger partial charge in [0.25, 0.3) is 11.8 Å². The van der Waals surface area contributed by atoms with Crippen molar-refractivity contribution in [3.05, 3.63) is 107 Å². The molecule has 5 heterocycles. The van der Waals surface area contributed by atoms with Crippen LogP contribution in [0.4, 0.5) is 0 Å². The topological polar surface area (TPSA) is 666 Å². The van der Waals surface area contributed by atoms with Crippen molar-refractivity contribution in [2.75, 3.05) is 137 Å². The Kier molecular flexibility index (Phi) is 45.3. The number of nitrogens with one attached hydrogen (secondary N) is 4. The number of carboxylic acids is 4. The fourth-order valence-corrected chi connectivity index (χ4v) is 18.4. The maximum Gasteiger partial charge on any atom is 0.320 e. The number of Topliss-reactive ketones (excluding diaryl/α,β-unsaturated/α-hetero) is 4. The first-order valence-electron chi connectivity index (χ1n) is 50.1. The van der Waals surface area contributed by atoms with E-state index in [4.69, 9.17) is 17.2 Å². The van der Waals surface area contributed by atoms with E-state index in [0.29, 0.717) is 120 Å². The first-order valence-corrected chi connectivity index (χ1v) is 50.1. The Bertz CT molecular complexity index is 5580. The van der Waals surface area contributed by atoms with Gasteiger partial charge < -0.3 is 89.1 Å². The predicted molar refractivity (Wildman–Crippen MR) is 534 cm³/mol. The number of nitrogens with two attached hydrogens (primary N) is 3. The standard InChI is InChI=1S/C101H141N21O25/c1-7-105-98(143)95-111-109-93(74-53-72(62(3)4)80(126)55-82(74)128)121(95)68-22-17-64(18-23-68)57-113-41-47-119(48-42-113)89(135)34-26-71(124)51-67(100(145)120-49-43-114(44-50-120)58-65-19-24-69(25-20-65)122-94(110-112-96(122)99(144)106-8-2)75-54-73(63(5)6)81(127)56-83(75)129)13-10-9-11-14-70(123)15-12-16-79(125)76(27-31-86(103)132)108-97(142)66(21-30-85(102)131)52-84(130)77(28-32-87(104)133)107-88(134)33-29-78(101(146)147)118-45-39-116(60-91(138)139)37-35-115(59-90(136)137)36-38-117(40-46-118)61-92(140)141/h17-20,22-25,53-56,62-63,66-67,76-78,126-129H,7-16,21,26-52,57-61H2,1-6H3,(H2,102,131)(H2,103,132)(H2,104,133)(H,105,143)(H,106,144)(H,107,134)(H,108,142)(H,136,137)(H,138,139)(H,140,141)(H,146,147)/t66-,67-,76+,77+,78-/m1/s1. The fraction of sp³-hybridized carbons (Fsp3) is 0.554. The number of carboxylic acid groups (broad SMARTS) is 4. The number of carbonyl (C=O) groups excluding carboxylic acids is 13. The summed E-state index contributed by atoms with van der Waals surface area (Å²) in [6.07, 6.45) is -3.33. The van der Waals surface area contributed by atoms with Gasteiger partial charge in [-0.05, 0) is 129 Å². The van der Waals surface area contributed by atoms with Crippen LogP contribution in [-0.4, -0.2) is 365 Å². The number of hydrogen-bond donors (Lipinski definition) is 15. The SMILES string of the molecule is CCNC(=O)c1nnc(-c2cc(C(C)C)c(O)cc2O)n1-c1ccc(CN2CCN(C(=O)CCC(=O)C[C@@H](CCCCCC(=O)CCCC(=O)[C@H](CCC(N)=O)NC(=O)[C@H](CCC(N)=O)CC(=O)[C@H](CCC(N)=O)NC(=O)CC[C@H](C(=O)O)N3CCN(CC(=O)O)CCN(CC(=O)O)CCN(CC(=O)O)CC3)C(=O)N3CCN(Cc4ccc(-n5c(C(=O)NCC)nnc5-c5cc(C(C)C)c(O)cc5O)cc4)CC3)CC2)cc1. The molecule has 3 fully saturated rings. The first kappa shape index (κ1) is 116. The number of piperazine rings is 2. The highest BCUT2D eigenvalue weighted by molar-refractivity contribution is 5.97. The van der Waals surface area contributed by atoms with Gasteiger partial charge in [-0.15, -0.1) is 20.4 Å². The van der Waals surface area contributed by atoms with Crippen LogP contribution in [0.2, 0.25) is 0 Å². The Morgan fingerprint density at radius 1 is 0.388 bits per heavy atom. The molecule has 3 aliphatic rings. The molecule has 5 atom stereocenters. The number of carbonyl (C=O) groups is 17. The Labute approximate surface area is 851 Å². The Balaban J connectivity index is 0.808. The van der Waals surface area contributed by atoms with E-state index in [1.165, 1.54) is 36.3 Å². The summed E-state index contributed by atoms with van der Waals surface area (Å²) in [6.45, 7) is 14.5.